The van der Waals surface area contributed by atoms with Crippen LogP contribution in [0.5, 0.6) is 0 Å². The molecule has 2 rings (SSSR count). The molecule has 0 radical (unpaired) electrons. The minimum absolute atomic E-state index is 0.0266. The fourth-order valence-corrected chi connectivity index (χ4v) is 2.55. The summed E-state index contributed by atoms with van der Waals surface area (Å²) in [5.74, 6) is 0.472. The van der Waals surface area contributed by atoms with E-state index in [1.807, 2.05) is 13.8 Å². The van der Waals surface area contributed by atoms with Gasteiger partial charge in [-0.1, -0.05) is 25.4 Å². The molecule has 0 aliphatic rings. The molecule has 20 heavy (non-hydrogen) atoms. The molecule has 106 valence electrons. The van der Waals surface area contributed by atoms with E-state index in [4.69, 9.17) is 23.2 Å². The Morgan fingerprint density at radius 3 is 2.35 bits per heavy atom. The number of nitro groups is 1. The zero-order valence-electron chi connectivity index (χ0n) is 11.0. The number of alkyl halides is 1. The molecule has 0 unspecified atom stereocenters. The lowest BCUT2D eigenvalue weighted by atomic mass is 10.1. The Morgan fingerprint density at radius 2 is 1.95 bits per heavy atom. The van der Waals surface area contributed by atoms with Crippen molar-refractivity contribution in [2.75, 3.05) is 0 Å². The van der Waals surface area contributed by atoms with Gasteiger partial charge < -0.3 is 0 Å². The molecule has 0 atom stereocenters. The maximum Gasteiger partial charge on any atom is 0.269 e. The van der Waals surface area contributed by atoms with Crippen molar-refractivity contribution < 1.29 is 4.92 Å². The van der Waals surface area contributed by atoms with Crippen molar-refractivity contribution in [2.45, 2.75) is 25.6 Å². The second kappa shape index (κ2) is 5.81. The van der Waals surface area contributed by atoms with E-state index in [0.29, 0.717) is 10.8 Å². The lowest BCUT2D eigenvalue weighted by molar-refractivity contribution is -0.384. The summed E-state index contributed by atoms with van der Waals surface area (Å²) in [6.45, 7) is 4.02. The molecule has 0 N–H and O–H groups in total. The number of nitro benzene ring substituents is 1. The molecular weight excluding hydrogens is 301 g/mol. The second-order valence-corrected chi connectivity index (χ2v) is 5.25. The van der Waals surface area contributed by atoms with Crippen LogP contribution in [-0.4, -0.2) is 14.7 Å². The van der Waals surface area contributed by atoms with Crippen molar-refractivity contribution in [1.29, 1.82) is 0 Å². The highest BCUT2D eigenvalue weighted by Crippen LogP contribution is 2.30. The molecular formula is C13H13Cl2N3O2. The summed E-state index contributed by atoms with van der Waals surface area (Å²) in [6.07, 6.45) is 0. The van der Waals surface area contributed by atoms with E-state index in [-0.39, 0.29) is 17.5 Å². The molecule has 0 spiro atoms. The minimum atomic E-state index is -0.446. The molecule has 5 nitrogen and oxygen atoms in total. The van der Waals surface area contributed by atoms with Gasteiger partial charge in [0.1, 0.15) is 5.15 Å². The minimum Gasteiger partial charge on any atom is -0.258 e. The van der Waals surface area contributed by atoms with E-state index in [9.17, 15) is 10.1 Å². The van der Waals surface area contributed by atoms with Gasteiger partial charge in [0.05, 0.1) is 22.2 Å². The topological polar surface area (TPSA) is 61.0 Å². The summed E-state index contributed by atoms with van der Waals surface area (Å²) >= 11 is 12.2. The van der Waals surface area contributed by atoms with E-state index in [0.717, 1.165) is 11.3 Å². The van der Waals surface area contributed by atoms with Crippen LogP contribution in [0.3, 0.4) is 0 Å². The summed E-state index contributed by atoms with van der Waals surface area (Å²) in [6, 6.07) is 6.06. The maximum absolute atomic E-state index is 10.6. The van der Waals surface area contributed by atoms with Gasteiger partial charge in [-0.05, 0) is 18.1 Å². The highest BCUT2D eigenvalue weighted by atomic mass is 35.5. The monoisotopic (exact) mass is 313 g/mol. The van der Waals surface area contributed by atoms with Crippen LogP contribution >= 0.6 is 23.2 Å². The van der Waals surface area contributed by atoms with Crippen molar-refractivity contribution >= 4 is 28.9 Å². The first-order valence-corrected chi connectivity index (χ1v) is 6.95. The van der Waals surface area contributed by atoms with Crippen LogP contribution < -0.4 is 0 Å². The quantitative estimate of drug-likeness (QED) is 0.480. The van der Waals surface area contributed by atoms with Gasteiger partial charge >= 0.3 is 0 Å². The van der Waals surface area contributed by atoms with Gasteiger partial charge in [0.2, 0.25) is 0 Å². The maximum atomic E-state index is 10.6. The van der Waals surface area contributed by atoms with Crippen LogP contribution in [0.1, 0.15) is 31.0 Å². The molecule has 2 aromatic rings. The average molecular weight is 314 g/mol. The van der Waals surface area contributed by atoms with E-state index in [1.54, 1.807) is 16.8 Å². The van der Waals surface area contributed by atoms with Crippen LogP contribution in [-0.2, 0) is 5.88 Å². The molecule has 0 aliphatic heterocycles. The Morgan fingerprint density at radius 1 is 1.35 bits per heavy atom. The fourth-order valence-electron chi connectivity index (χ4n) is 1.92. The summed E-state index contributed by atoms with van der Waals surface area (Å²) < 4.78 is 1.55. The van der Waals surface area contributed by atoms with E-state index in [2.05, 4.69) is 5.10 Å². The van der Waals surface area contributed by atoms with Gasteiger partial charge in [-0.15, -0.1) is 11.6 Å². The standard InChI is InChI=1S/C13H13Cl2N3O2/c1-8(2)12-11(7-14)13(15)17(16-12)9-3-5-10(6-4-9)18(19)20/h3-6,8H,7H2,1-2H3. The molecule has 0 fully saturated rings. The molecule has 0 aliphatic carbocycles. The number of aromatic nitrogens is 2. The molecule has 1 aromatic heterocycles. The van der Waals surface area contributed by atoms with Gasteiger partial charge in [0.25, 0.3) is 5.69 Å². The number of benzene rings is 1. The van der Waals surface area contributed by atoms with Crippen LogP contribution in [0.2, 0.25) is 5.15 Å². The first kappa shape index (κ1) is 14.8. The second-order valence-electron chi connectivity index (χ2n) is 4.63. The fraction of sp³-hybridized carbons (Fsp3) is 0.308. The number of nitrogens with zero attached hydrogens (tertiary/aromatic N) is 3. The normalized spacial score (nSPS) is 11.1. The Bertz CT molecular complexity index is 636. The summed E-state index contributed by atoms with van der Waals surface area (Å²) in [5.41, 5.74) is 2.32. The van der Waals surface area contributed by atoms with Crippen molar-refractivity contribution in [3.63, 3.8) is 0 Å². The highest BCUT2D eigenvalue weighted by Gasteiger charge is 2.19. The first-order valence-electron chi connectivity index (χ1n) is 6.03. The highest BCUT2D eigenvalue weighted by molar-refractivity contribution is 6.31. The molecule has 0 saturated heterocycles. The van der Waals surface area contributed by atoms with Crippen LogP contribution in [0.4, 0.5) is 5.69 Å². The van der Waals surface area contributed by atoms with Crippen molar-refractivity contribution in [3.8, 4) is 5.69 Å². The van der Waals surface area contributed by atoms with E-state index in [1.165, 1.54) is 12.1 Å². The van der Waals surface area contributed by atoms with Gasteiger partial charge in [0.15, 0.2) is 0 Å². The van der Waals surface area contributed by atoms with Crippen molar-refractivity contribution in [3.05, 3.63) is 50.8 Å². The number of hydrogen-bond donors (Lipinski definition) is 0. The molecule has 0 saturated carbocycles. The third-order valence-electron chi connectivity index (χ3n) is 2.94. The predicted octanol–water partition coefficient (Wildman–Crippen LogP) is 4.30. The Kier molecular flexibility index (Phi) is 4.30. The summed E-state index contributed by atoms with van der Waals surface area (Å²) in [5, 5.41) is 15.5. The van der Waals surface area contributed by atoms with Gasteiger partial charge in [0, 0.05) is 17.7 Å². The summed E-state index contributed by atoms with van der Waals surface area (Å²) in [7, 11) is 0. The van der Waals surface area contributed by atoms with Gasteiger partial charge in [-0.3, -0.25) is 10.1 Å². The molecule has 7 heteroatoms. The third kappa shape index (κ3) is 2.64. The third-order valence-corrected chi connectivity index (χ3v) is 3.59. The van der Waals surface area contributed by atoms with Crippen molar-refractivity contribution in [2.24, 2.45) is 0 Å². The van der Waals surface area contributed by atoms with Gasteiger partial charge in [-0.25, -0.2) is 4.68 Å². The van der Waals surface area contributed by atoms with E-state index >= 15 is 0 Å². The predicted molar refractivity (Wildman–Crippen MR) is 78.9 cm³/mol. The largest absolute Gasteiger partial charge is 0.269 e. The molecule has 0 bridgehead atoms. The number of hydrogen-bond acceptors (Lipinski definition) is 3. The zero-order valence-corrected chi connectivity index (χ0v) is 12.5. The number of halogens is 2. The first-order chi connectivity index (χ1) is 9.45. The molecule has 0 amide bonds. The average Bonchev–Trinajstić information content (AvgIpc) is 2.76. The molecule has 1 heterocycles. The Labute approximate surface area is 126 Å². The smallest absolute Gasteiger partial charge is 0.258 e. The lowest BCUT2D eigenvalue weighted by Crippen LogP contribution is -1.98. The Hall–Kier alpha value is -1.59. The van der Waals surface area contributed by atoms with Crippen LogP contribution in [0.25, 0.3) is 5.69 Å². The summed E-state index contributed by atoms with van der Waals surface area (Å²) in [4.78, 5) is 10.2. The molecule has 1 aromatic carbocycles. The lowest BCUT2D eigenvalue weighted by Gasteiger charge is -2.02. The van der Waals surface area contributed by atoms with E-state index < -0.39 is 4.92 Å². The Balaban J connectivity index is 2.50. The van der Waals surface area contributed by atoms with Gasteiger partial charge in [-0.2, -0.15) is 5.10 Å². The van der Waals surface area contributed by atoms with Crippen LogP contribution in [0, 0.1) is 10.1 Å². The number of rotatable bonds is 4. The SMILES string of the molecule is CC(C)c1nn(-c2ccc([N+](=O)[O-])cc2)c(Cl)c1CCl. The van der Waals surface area contributed by atoms with Crippen LogP contribution in [0.15, 0.2) is 24.3 Å². The van der Waals surface area contributed by atoms with Crippen molar-refractivity contribution in [1.82, 2.24) is 9.78 Å². The zero-order chi connectivity index (χ0) is 14.9. The number of non-ortho nitro benzene ring substituents is 1.